The zero-order valence-electron chi connectivity index (χ0n) is 28.4. The van der Waals surface area contributed by atoms with Gasteiger partial charge < -0.3 is 20.9 Å². The highest BCUT2D eigenvalue weighted by Crippen LogP contribution is 2.21. The van der Waals surface area contributed by atoms with E-state index in [1.165, 1.54) is 15.9 Å². The molecule has 8 heteroatoms. The fourth-order valence-electron chi connectivity index (χ4n) is 5.44. The number of carbonyl (C=O) groups excluding carboxylic acids is 3. The largest absolute Gasteiger partial charge is 0.354 e. The number of nitrogens with one attached hydrogen (secondary N) is 1. The molecule has 250 valence electrons. The van der Waals surface area contributed by atoms with Gasteiger partial charge in [-0.3, -0.25) is 19.4 Å². The maximum absolute atomic E-state index is 14.4. The molecule has 4 rings (SSSR count). The van der Waals surface area contributed by atoms with Crippen molar-refractivity contribution in [2.24, 2.45) is 5.73 Å². The highest BCUT2D eigenvalue weighted by atomic mass is 16.2. The molecule has 0 aliphatic heterocycles. The highest BCUT2D eigenvalue weighted by Gasteiger charge is 2.34. The number of hydrogen-bond donors (Lipinski definition) is 2. The van der Waals surface area contributed by atoms with E-state index in [4.69, 9.17) is 5.73 Å². The topological polar surface area (TPSA) is 109 Å². The van der Waals surface area contributed by atoms with E-state index in [0.29, 0.717) is 25.8 Å². The number of hydrogen-bond acceptors (Lipinski definition) is 5. The Bertz CT molecular complexity index is 1640. The Morgan fingerprint density at radius 2 is 1.31 bits per heavy atom. The molecule has 3 N–H and O–H groups in total. The lowest BCUT2D eigenvalue weighted by molar-refractivity contribution is -0.146. The molecule has 0 aliphatic carbocycles. The summed E-state index contributed by atoms with van der Waals surface area (Å²) in [6, 6.07) is 29.9. The second-order valence-corrected chi connectivity index (χ2v) is 12.9. The van der Waals surface area contributed by atoms with Crippen molar-refractivity contribution in [1.82, 2.24) is 20.1 Å². The summed E-state index contributed by atoms with van der Waals surface area (Å²) in [5, 5.41) is 3.03. The number of amides is 3. The van der Waals surface area contributed by atoms with Gasteiger partial charge in [-0.25, -0.2) is 0 Å². The zero-order chi connectivity index (χ0) is 34.5. The fourth-order valence-corrected chi connectivity index (χ4v) is 5.44. The second-order valence-electron chi connectivity index (χ2n) is 12.9. The van der Waals surface area contributed by atoms with Gasteiger partial charge in [-0.2, -0.15) is 0 Å². The van der Waals surface area contributed by atoms with Crippen LogP contribution in [0.15, 0.2) is 122 Å². The predicted octanol–water partition coefficient (Wildman–Crippen LogP) is 5.23. The SMILES string of the molecule is CN(C(=O)C=CCC(C)(C)N)[C@H](Cc1ccc(-c2ccccc2)cc1)C(=O)N(C)[C@H](Cc1ccccc1)C(=O)NCCc1ccncc1. The lowest BCUT2D eigenvalue weighted by Gasteiger charge is -2.34. The number of likely N-dealkylation sites (N-methyl/N-ethyl adjacent to an activating group) is 2. The molecule has 0 radical (unpaired) electrons. The minimum atomic E-state index is -0.858. The monoisotopic (exact) mass is 645 g/mol. The quantitative estimate of drug-likeness (QED) is 0.172. The third-order valence-electron chi connectivity index (χ3n) is 8.35. The van der Waals surface area contributed by atoms with E-state index in [1.54, 1.807) is 32.6 Å². The Morgan fingerprint density at radius 3 is 1.94 bits per heavy atom. The number of pyridine rings is 1. The van der Waals surface area contributed by atoms with Crippen LogP contribution >= 0.6 is 0 Å². The van der Waals surface area contributed by atoms with E-state index in [2.05, 4.69) is 10.3 Å². The van der Waals surface area contributed by atoms with Crippen LogP contribution in [0.25, 0.3) is 11.1 Å². The molecule has 4 aromatic rings. The average Bonchev–Trinajstić information content (AvgIpc) is 3.09. The molecule has 1 heterocycles. The summed E-state index contributed by atoms with van der Waals surface area (Å²) in [6.07, 6.45) is 8.40. The Kier molecular flexibility index (Phi) is 12.8. The van der Waals surface area contributed by atoms with Crippen LogP contribution in [0.2, 0.25) is 0 Å². The van der Waals surface area contributed by atoms with Crippen molar-refractivity contribution >= 4 is 17.7 Å². The van der Waals surface area contributed by atoms with Gasteiger partial charge in [-0.1, -0.05) is 91.0 Å². The summed E-state index contributed by atoms with van der Waals surface area (Å²) in [4.78, 5) is 48.7. The maximum Gasteiger partial charge on any atom is 0.246 e. The standard InChI is InChI=1S/C40H47N5O3/c1-40(2,41)24-11-16-37(46)44(3)36(29-32-17-19-34(20-18-32)33-14-9-6-10-15-33)39(48)45(4)35(28-31-12-7-5-8-13-31)38(47)43-27-23-30-21-25-42-26-22-30/h5-22,25-26,35-36H,23-24,27-29,41H2,1-4H3,(H,43,47)/t35-,36-/m1/s1. The molecule has 0 aliphatic rings. The van der Waals surface area contributed by atoms with Crippen LogP contribution in [0.5, 0.6) is 0 Å². The first kappa shape index (κ1) is 35.8. The van der Waals surface area contributed by atoms with Crippen molar-refractivity contribution in [2.45, 2.75) is 57.2 Å². The molecule has 3 amide bonds. The molecule has 0 saturated carbocycles. The van der Waals surface area contributed by atoms with Crippen molar-refractivity contribution in [2.75, 3.05) is 20.6 Å². The van der Waals surface area contributed by atoms with E-state index in [1.807, 2.05) is 111 Å². The lowest BCUT2D eigenvalue weighted by Crippen LogP contribution is -2.56. The molecule has 2 atom stereocenters. The van der Waals surface area contributed by atoms with E-state index < -0.39 is 17.6 Å². The van der Waals surface area contributed by atoms with E-state index in [9.17, 15) is 14.4 Å². The summed E-state index contributed by atoms with van der Waals surface area (Å²) in [7, 11) is 3.28. The summed E-state index contributed by atoms with van der Waals surface area (Å²) >= 11 is 0. The van der Waals surface area contributed by atoms with E-state index in [0.717, 1.165) is 27.8 Å². The summed E-state index contributed by atoms with van der Waals surface area (Å²) in [5.41, 5.74) is 10.7. The van der Waals surface area contributed by atoms with Crippen LogP contribution in [0, 0.1) is 0 Å². The number of benzene rings is 3. The lowest BCUT2D eigenvalue weighted by atomic mass is 9.98. The fraction of sp³-hybridized carbons (Fsp3) is 0.300. The van der Waals surface area contributed by atoms with Crippen LogP contribution < -0.4 is 11.1 Å². The van der Waals surface area contributed by atoms with Gasteiger partial charge in [0.25, 0.3) is 0 Å². The zero-order valence-corrected chi connectivity index (χ0v) is 28.4. The first-order valence-electron chi connectivity index (χ1n) is 16.4. The average molecular weight is 646 g/mol. The van der Waals surface area contributed by atoms with Crippen molar-refractivity contribution in [3.8, 4) is 11.1 Å². The van der Waals surface area contributed by atoms with Gasteiger partial charge in [0.05, 0.1) is 0 Å². The van der Waals surface area contributed by atoms with Crippen LogP contribution in [0.3, 0.4) is 0 Å². The number of rotatable bonds is 15. The summed E-state index contributed by atoms with van der Waals surface area (Å²) in [6.45, 7) is 4.19. The van der Waals surface area contributed by atoms with Crippen LogP contribution in [0.1, 0.15) is 37.0 Å². The first-order valence-corrected chi connectivity index (χ1v) is 16.4. The molecular formula is C40H47N5O3. The van der Waals surface area contributed by atoms with Crippen molar-refractivity contribution in [3.63, 3.8) is 0 Å². The number of nitrogens with two attached hydrogens (primary N) is 1. The summed E-state index contributed by atoms with van der Waals surface area (Å²) < 4.78 is 0. The molecule has 0 saturated heterocycles. The number of carbonyl (C=O) groups is 3. The maximum atomic E-state index is 14.4. The Balaban J connectivity index is 1.59. The van der Waals surface area contributed by atoms with Crippen LogP contribution in [0.4, 0.5) is 0 Å². The van der Waals surface area contributed by atoms with Gasteiger partial charge in [-0.15, -0.1) is 0 Å². The third kappa shape index (κ3) is 10.7. The summed E-state index contributed by atoms with van der Waals surface area (Å²) in [5.74, 6) is -0.891. The molecule has 8 nitrogen and oxygen atoms in total. The molecule has 0 unspecified atom stereocenters. The Labute approximate surface area is 284 Å². The number of aromatic nitrogens is 1. The van der Waals surface area contributed by atoms with Gasteiger partial charge in [0.15, 0.2) is 0 Å². The first-order chi connectivity index (χ1) is 23.0. The van der Waals surface area contributed by atoms with Gasteiger partial charge in [0.1, 0.15) is 12.1 Å². The Hall–Kier alpha value is -5.08. The van der Waals surface area contributed by atoms with Crippen LogP contribution in [-0.2, 0) is 33.6 Å². The van der Waals surface area contributed by atoms with Crippen LogP contribution in [-0.4, -0.2) is 70.8 Å². The van der Waals surface area contributed by atoms with E-state index >= 15 is 0 Å². The Morgan fingerprint density at radius 1 is 0.750 bits per heavy atom. The minimum Gasteiger partial charge on any atom is -0.354 e. The minimum absolute atomic E-state index is 0.256. The van der Waals surface area contributed by atoms with E-state index in [-0.39, 0.29) is 24.1 Å². The molecule has 0 bridgehead atoms. The molecule has 0 spiro atoms. The molecule has 48 heavy (non-hydrogen) atoms. The smallest absolute Gasteiger partial charge is 0.246 e. The van der Waals surface area contributed by atoms with Gasteiger partial charge in [0, 0.05) is 51.4 Å². The normalized spacial score (nSPS) is 12.7. The van der Waals surface area contributed by atoms with Gasteiger partial charge in [-0.05, 0) is 72.7 Å². The highest BCUT2D eigenvalue weighted by molar-refractivity contribution is 5.95. The third-order valence-corrected chi connectivity index (χ3v) is 8.35. The van der Waals surface area contributed by atoms with Gasteiger partial charge in [0.2, 0.25) is 17.7 Å². The van der Waals surface area contributed by atoms with Crippen molar-refractivity contribution < 1.29 is 14.4 Å². The predicted molar refractivity (Wildman–Crippen MR) is 192 cm³/mol. The number of nitrogens with zero attached hydrogens (tertiary/aromatic N) is 3. The van der Waals surface area contributed by atoms with Crippen molar-refractivity contribution in [1.29, 1.82) is 0 Å². The van der Waals surface area contributed by atoms with Crippen molar-refractivity contribution in [3.05, 3.63) is 138 Å². The second kappa shape index (κ2) is 17.2. The molecular weight excluding hydrogens is 598 g/mol. The molecule has 3 aromatic carbocycles. The molecule has 0 fully saturated rings. The van der Waals surface area contributed by atoms with Gasteiger partial charge >= 0.3 is 0 Å². The molecule has 1 aromatic heterocycles.